The van der Waals surface area contributed by atoms with E-state index in [1.807, 2.05) is 6.08 Å². The first kappa shape index (κ1) is 59.9. The summed E-state index contributed by atoms with van der Waals surface area (Å²) < 4.78 is 22.7. The molecule has 0 aliphatic carbocycles. The molecule has 14 heteroatoms. The van der Waals surface area contributed by atoms with Crippen molar-refractivity contribution >= 4 is 5.91 Å². The van der Waals surface area contributed by atoms with Crippen LogP contribution in [-0.4, -0.2) is 140 Å². The summed E-state index contributed by atoms with van der Waals surface area (Å²) in [5.74, 6) is -0.237. The van der Waals surface area contributed by atoms with Gasteiger partial charge < -0.3 is 65.1 Å². The first-order valence-electron chi connectivity index (χ1n) is 26.4. The molecule has 2 saturated heterocycles. The number of aliphatic hydroxyl groups excluding tert-OH is 8. The molecule has 65 heavy (non-hydrogen) atoms. The van der Waals surface area contributed by atoms with E-state index in [1.54, 1.807) is 6.08 Å². The molecule has 2 aliphatic rings. The van der Waals surface area contributed by atoms with E-state index in [1.165, 1.54) is 148 Å². The van der Waals surface area contributed by atoms with E-state index >= 15 is 0 Å². The number of rotatable bonds is 41. The van der Waals surface area contributed by atoms with Gasteiger partial charge in [0.25, 0.3) is 0 Å². The summed E-state index contributed by atoms with van der Waals surface area (Å²) in [6, 6.07) is -0.907. The summed E-state index contributed by atoms with van der Waals surface area (Å²) >= 11 is 0. The standard InChI is InChI=1S/C51H97NO13/c1-3-5-7-9-11-13-15-17-19-21-22-24-26-28-30-32-34-40(55)39(52-43(56)35-33-31-29-27-25-23-20-18-16-14-12-10-8-6-4-2)38-62-50-48(61)46(59)49(42(37-54)64-50)65-51-47(60)45(58)44(57)41(36-53)63-51/h32,34,39-42,44-51,53-55,57-61H,3-31,33,35-38H2,1-2H3,(H,52,56)/b34-32+. The minimum absolute atomic E-state index is 0.237. The Bertz CT molecular complexity index is 1150. The van der Waals surface area contributed by atoms with Crippen LogP contribution in [0.2, 0.25) is 0 Å². The number of aliphatic hydroxyl groups is 8. The Morgan fingerprint density at radius 2 is 0.954 bits per heavy atom. The highest BCUT2D eigenvalue weighted by Gasteiger charge is 2.51. The molecule has 0 aromatic rings. The molecule has 0 aromatic heterocycles. The van der Waals surface area contributed by atoms with Gasteiger partial charge in [0.1, 0.15) is 48.8 Å². The van der Waals surface area contributed by atoms with Crippen molar-refractivity contribution in [1.82, 2.24) is 5.32 Å². The number of hydrogen-bond acceptors (Lipinski definition) is 13. The Balaban J connectivity index is 1.84. The summed E-state index contributed by atoms with van der Waals surface area (Å²) in [5.41, 5.74) is 0. The lowest BCUT2D eigenvalue weighted by molar-refractivity contribution is -0.359. The molecule has 2 rings (SSSR count). The smallest absolute Gasteiger partial charge is 0.220 e. The summed E-state index contributed by atoms with van der Waals surface area (Å²) in [4.78, 5) is 13.2. The molecule has 1 amide bonds. The fourth-order valence-electron chi connectivity index (χ4n) is 8.88. The van der Waals surface area contributed by atoms with Gasteiger partial charge >= 0.3 is 0 Å². The summed E-state index contributed by atoms with van der Waals surface area (Å²) in [7, 11) is 0. The van der Waals surface area contributed by atoms with Crippen molar-refractivity contribution in [3.63, 3.8) is 0 Å². The predicted octanol–water partition coefficient (Wildman–Crippen LogP) is 7.16. The Hall–Kier alpha value is -1.27. The van der Waals surface area contributed by atoms with Crippen LogP contribution in [0.15, 0.2) is 12.2 Å². The van der Waals surface area contributed by atoms with Crippen molar-refractivity contribution in [3.8, 4) is 0 Å². The van der Waals surface area contributed by atoms with Crippen LogP contribution in [0.4, 0.5) is 0 Å². The van der Waals surface area contributed by atoms with E-state index in [0.29, 0.717) is 6.42 Å². The molecule has 12 atom stereocenters. The van der Waals surface area contributed by atoms with Crippen LogP contribution in [0.25, 0.3) is 0 Å². The second kappa shape index (κ2) is 38.6. The van der Waals surface area contributed by atoms with Crippen molar-refractivity contribution < 1.29 is 64.6 Å². The maximum absolute atomic E-state index is 13.2. The number of allylic oxidation sites excluding steroid dienone is 1. The summed E-state index contributed by atoms with van der Waals surface area (Å²) in [5, 5.41) is 86.8. The van der Waals surface area contributed by atoms with Crippen LogP contribution in [0, 0.1) is 0 Å². The zero-order valence-electron chi connectivity index (χ0n) is 40.7. The third kappa shape index (κ3) is 25.8. The van der Waals surface area contributed by atoms with E-state index in [9.17, 15) is 45.6 Å². The highest BCUT2D eigenvalue weighted by atomic mass is 16.7. The van der Waals surface area contributed by atoms with Crippen LogP contribution in [-0.2, 0) is 23.7 Å². The molecule has 0 aromatic carbocycles. The van der Waals surface area contributed by atoms with E-state index in [0.717, 1.165) is 38.5 Å². The van der Waals surface area contributed by atoms with Crippen LogP contribution < -0.4 is 5.32 Å². The summed E-state index contributed by atoms with van der Waals surface area (Å²) in [6.07, 6.45) is 23.8. The molecule has 0 bridgehead atoms. The van der Waals surface area contributed by atoms with Crippen LogP contribution in [0.5, 0.6) is 0 Å². The monoisotopic (exact) mass is 932 g/mol. The largest absolute Gasteiger partial charge is 0.394 e. The second-order valence-corrected chi connectivity index (χ2v) is 19.0. The lowest BCUT2D eigenvalue weighted by atomic mass is 9.97. The minimum Gasteiger partial charge on any atom is -0.394 e. The molecular weight excluding hydrogens is 835 g/mol. The number of carbonyl (C=O) groups is 1. The van der Waals surface area contributed by atoms with Gasteiger partial charge in [0.15, 0.2) is 12.6 Å². The molecular formula is C51H97NO13. The van der Waals surface area contributed by atoms with Gasteiger partial charge in [0.2, 0.25) is 5.91 Å². The van der Waals surface area contributed by atoms with Gasteiger partial charge in [-0.05, 0) is 19.3 Å². The lowest BCUT2D eigenvalue weighted by Crippen LogP contribution is -2.65. The zero-order valence-corrected chi connectivity index (χ0v) is 40.7. The quantitative estimate of drug-likeness (QED) is 0.0219. The maximum Gasteiger partial charge on any atom is 0.220 e. The number of hydrogen-bond donors (Lipinski definition) is 9. The highest BCUT2D eigenvalue weighted by molar-refractivity contribution is 5.76. The number of amides is 1. The van der Waals surface area contributed by atoms with Gasteiger partial charge in [-0.25, -0.2) is 0 Å². The average molecular weight is 932 g/mol. The van der Waals surface area contributed by atoms with E-state index in [4.69, 9.17) is 18.9 Å². The number of carbonyl (C=O) groups excluding carboxylic acids is 1. The summed E-state index contributed by atoms with van der Waals surface area (Å²) in [6.45, 7) is 2.80. The predicted molar refractivity (Wildman–Crippen MR) is 254 cm³/mol. The second-order valence-electron chi connectivity index (χ2n) is 19.0. The van der Waals surface area contributed by atoms with Gasteiger partial charge in [0, 0.05) is 6.42 Å². The Kier molecular flexibility index (Phi) is 35.5. The minimum atomic E-state index is -1.78. The van der Waals surface area contributed by atoms with Crippen molar-refractivity contribution in [2.24, 2.45) is 0 Å². The van der Waals surface area contributed by atoms with E-state index < -0.39 is 86.8 Å². The number of unbranched alkanes of at least 4 members (excludes halogenated alkanes) is 28. The van der Waals surface area contributed by atoms with E-state index in [-0.39, 0.29) is 18.9 Å². The number of nitrogens with one attached hydrogen (secondary N) is 1. The van der Waals surface area contributed by atoms with Crippen LogP contribution in [0.3, 0.4) is 0 Å². The van der Waals surface area contributed by atoms with Crippen molar-refractivity contribution in [1.29, 1.82) is 0 Å². The molecule has 12 unspecified atom stereocenters. The molecule has 2 heterocycles. The highest BCUT2D eigenvalue weighted by Crippen LogP contribution is 2.30. The molecule has 2 fully saturated rings. The third-order valence-corrected chi connectivity index (χ3v) is 13.2. The van der Waals surface area contributed by atoms with Gasteiger partial charge in [-0.2, -0.15) is 0 Å². The maximum atomic E-state index is 13.2. The lowest BCUT2D eigenvalue weighted by Gasteiger charge is -2.46. The van der Waals surface area contributed by atoms with E-state index in [2.05, 4.69) is 19.2 Å². The van der Waals surface area contributed by atoms with Gasteiger partial charge in [-0.15, -0.1) is 0 Å². The van der Waals surface area contributed by atoms with Gasteiger partial charge in [-0.3, -0.25) is 4.79 Å². The fourth-order valence-corrected chi connectivity index (χ4v) is 8.88. The molecule has 9 N–H and O–H groups in total. The third-order valence-electron chi connectivity index (χ3n) is 13.2. The van der Waals surface area contributed by atoms with Gasteiger partial charge in [-0.1, -0.05) is 199 Å². The molecule has 0 spiro atoms. The molecule has 0 saturated carbocycles. The first-order chi connectivity index (χ1) is 31.6. The average Bonchev–Trinajstić information content (AvgIpc) is 3.30. The Morgan fingerprint density at radius 3 is 1.42 bits per heavy atom. The van der Waals surface area contributed by atoms with Gasteiger partial charge in [0.05, 0.1) is 32.0 Å². The van der Waals surface area contributed by atoms with Crippen molar-refractivity contribution in [2.75, 3.05) is 19.8 Å². The molecule has 2 aliphatic heterocycles. The topological polar surface area (TPSA) is 228 Å². The zero-order chi connectivity index (χ0) is 47.5. The van der Waals surface area contributed by atoms with Crippen LogP contribution >= 0.6 is 0 Å². The molecule has 384 valence electrons. The first-order valence-corrected chi connectivity index (χ1v) is 26.4. The van der Waals surface area contributed by atoms with Crippen LogP contribution in [0.1, 0.15) is 213 Å². The van der Waals surface area contributed by atoms with Crippen molar-refractivity contribution in [3.05, 3.63) is 12.2 Å². The SMILES string of the molecule is CCCCCCCCCCCCCCCC/C=C/C(O)C(COC1OC(CO)C(OC2OC(CO)C(O)C(O)C2O)C(O)C1O)NC(=O)CCCCCCCCCCCCCCCCC. The Labute approximate surface area is 393 Å². The van der Waals surface area contributed by atoms with Crippen molar-refractivity contribution in [2.45, 2.75) is 286 Å². The molecule has 0 radical (unpaired) electrons. The molecule has 14 nitrogen and oxygen atoms in total. The fraction of sp³-hybridized carbons (Fsp3) is 0.941. The Morgan fingerprint density at radius 1 is 0.538 bits per heavy atom. The normalized spacial score (nSPS) is 27.0. The number of ether oxygens (including phenoxy) is 4.